The van der Waals surface area contributed by atoms with Crippen molar-refractivity contribution in [3.63, 3.8) is 0 Å². The van der Waals surface area contributed by atoms with Gasteiger partial charge in [0.25, 0.3) is 0 Å². The van der Waals surface area contributed by atoms with Crippen LogP contribution in [0.15, 0.2) is 78.2 Å². The first-order valence-corrected chi connectivity index (χ1v) is 9.42. The molecule has 0 saturated heterocycles. The third-order valence-electron chi connectivity index (χ3n) is 3.96. The molecule has 0 aliphatic carbocycles. The summed E-state index contributed by atoms with van der Waals surface area (Å²) in [6.07, 6.45) is 0. The molecule has 0 spiro atoms. The van der Waals surface area contributed by atoms with E-state index in [0.29, 0.717) is 0 Å². The molecule has 1 nitrogen and oxygen atoms in total. The standard InChI is InChI=1S/C21H16OS2/c1-22-18-10-8-17(9-11-18)21-13-12-20(24-21)16-6-4-15(5-7-16)19-3-2-14-23-19/h2-14H,1H3. The molecule has 0 amide bonds. The van der Waals surface area contributed by atoms with Crippen molar-refractivity contribution in [1.29, 1.82) is 0 Å². The van der Waals surface area contributed by atoms with E-state index in [1.54, 1.807) is 18.4 Å². The minimum atomic E-state index is 0.889. The largest absolute Gasteiger partial charge is 0.497 e. The van der Waals surface area contributed by atoms with Gasteiger partial charge in [0.15, 0.2) is 0 Å². The van der Waals surface area contributed by atoms with Gasteiger partial charge in [0, 0.05) is 14.6 Å². The second-order valence-corrected chi connectivity index (χ2v) is 7.48. The molecule has 2 aromatic carbocycles. The summed E-state index contributed by atoms with van der Waals surface area (Å²) >= 11 is 3.59. The van der Waals surface area contributed by atoms with Crippen LogP contribution in [0.4, 0.5) is 0 Å². The fourth-order valence-electron chi connectivity index (χ4n) is 2.65. The van der Waals surface area contributed by atoms with Gasteiger partial charge in [0.1, 0.15) is 5.75 Å². The Kier molecular flexibility index (Phi) is 4.20. The highest BCUT2D eigenvalue weighted by Crippen LogP contribution is 2.36. The number of hydrogen-bond acceptors (Lipinski definition) is 3. The summed E-state index contributed by atoms with van der Waals surface area (Å²) in [6.45, 7) is 0. The minimum absolute atomic E-state index is 0.889. The van der Waals surface area contributed by atoms with Crippen LogP contribution in [0.5, 0.6) is 5.75 Å². The average Bonchev–Trinajstić information content (AvgIpc) is 3.34. The van der Waals surface area contributed by atoms with Crippen molar-refractivity contribution in [3.05, 3.63) is 78.2 Å². The van der Waals surface area contributed by atoms with Gasteiger partial charge >= 0.3 is 0 Å². The molecule has 24 heavy (non-hydrogen) atoms. The maximum absolute atomic E-state index is 5.23. The van der Waals surface area contributed by atoms with E-state index in [9.17, 15) is 0 Å². The van der Waals surface area contributed by atoms with Gasteiger partial charge in [-0.2, -0.15) is 0 Å². The van der Waals surface area contributed by atoms with Gasteiger partial charge in [0.2, 0.25) is 0 Å². The summed E-state index contributed by atoms with van der Waals surface area (Å²) in [5.41, 5.74) is 3.77. The first kappa shape index (κ1) is 15.2. The van der Waals surface area contributed by atoms with Crippen LogP contribution in [0.3, 0.4) is 0 Å². The first-order chi connectivity index (χ1) is 11.8. The first-order valence-electron chi connectivity index (χ1n) is 7.72. The Morgan fingerprint density at radius 3 is 1.67 bits per heavy atom. The van der Waals surface area contributed by atoms with E-state index in [4.69, 9.17) is 4.74 Å². The van der Waals surface area contributed by atoms with Crippen LogP contribution in [0, 0.1) is 0 Å². The topological polar surface area (TPSA) is 9.23 Å². The number of rotatable bonds is 4. The molecule has 2 aromatic heterocycles. The maximum Gasteiger partial charge on any atom is 0.118 e. The Morgan fingerprint density at radius 1 is 0.625 bits per heavy atom. The van der Waals surface area contributed by atoms with Crippen LogP contribution in [0.2, 0.25) is 0 Å². The predicted octanol–water partition coefficient (Wildman–Crippen LogP) is 6.82. The van der Waals surface area contributed by atoms with Crippen LogP contribution < -0.4 is 4.74 Å². The summed E-state index contributed by atoms with van der Waals surface area (Å²) in [6, 6.07) is 25.7. The van der Waals surface area contributed by atoms with Gasteiger partial charge < -0.3 is 4.74 Å². The number of ether oxygens (including phenoxy) is 1. The lowest BCUT2D eigenvalue weighted by Crippen LogP contribution is -1.81. The summed E-state index contributed by atoms with van der Waals surface area (Å²) < 4.78 is 5.23. The molecule has 4 aromatic rings. The molecule has 0 fully saturated rings. The summed E-state index contributed by atoms with van der Waals surface area (Å²) in [4.78, 5) is 3.88. The molecular formula is C21H16OS2. The molecule has 0 N–H and O–H groups in total. The van der Waals surface area contributed by atoms with Crippen molar-refractivity contribution in [3.8, 4) is 37.1 Å². The van der Waals surface area contributed by atoms with Gasteiger partial charge in [-0.05, 0) is 64.5 Å². The Balaban J connectivity index is 1.60. The van der Waals surface area contributed by atoms with E-state index >= 15 is 0 Å². The summed E-state index contributed by atoms with van der Waals surface area (Å²) in [5, 5.41) is 2.11. The van der Waals surface area contributed by atoms with Crippen LogP contribution in [-0.2, 0) is 0 Å². The molecule has 3 heteroatoms. The molecule has 118 valence electrons. The lowest BCUT2D eigenvalue weighted by Gasteiger charge is -2.02. The average molecular weight is 348 g/mol. The zero-order chi connectivity index (χ0) is 16.4. The van der Waals surface area contributed by atoms with E-state index in [1.807, 2.05) is 23.5 Å². The SMILES string of the molecule is COc1ccc(-c2ccc(-c3ccc(-c4cccs4)cc3)s2)cc1. The van der Waals surface area contributed by atoms with Crippen molar-refractivity contribution >= 4 is 22.7 Å². The predicted molar refractivity (Wildman–Crippen MR) is 105 cm³/mol. The molecule has 2 heterocycles. The van der Waals surface area contributed by atoms with Gasteiger partial charge in [-0.3, -0.25) is 0 Å². The van der Waals surface area contributed by atoms with E-state index in [0.717, 1.165) is 5.75 Å². The fraction of sp³-hybridized carbons (Fsp3) is 0.0476. The third kappa shape index (κ3) is 3.01. The van der Waals surface area contributed by atoms with E-state index < -0.39 is 0 Å². The zero-order valence-electron chi connectivity index (χ0n) is 13.2. The van der Waals surface area contributed by atoms with Crippen molar-refractivity contribution in [2.45, 2.75) is 0 Å². The second-order valence-electron chi connectivity index (χ2n) is 5.45. The number of methoxy groups -OCH3 is 1. The van der Waals surface area contributed by atoms with Crippen molar-refractivity contribution in [2.24, 2.45) is 0 Å². The zero-order valence-corrected chi connectivity index (χ0v) is 14.9. The highest BCUT2D eigenvalue weighted by Gasteiger charge is 2.06. The van der Waals surface area contributed by atoms with Crippen LogP contribution >= 0.6 is 22.7 Å². The van der Waals surface area contributed by atoms with E-state index in [1.165, 1.54) is 31.3 Å². The number of hydrogen-bond donors (Lipinski definition) is 0. The molecule has 4 rings (SSSR count). The Morgan fingerprint density at radius 2 is 1.17 bits per heavy atom. The fourth-order valence-corrected chi connectivity index (χ4v) is 4.40. The molecule has 0 atom stereocenters. The van der Waals surface area contributed by atoms with Gasteiger partial charge in [-0.15, -0.1) is 22.7 Å². The quantitative estimate of drug-likeness (QED) is 0.393. The highest BCUT2D eigenvalue weighted by atomic mass is 32.1. The van der Waals surface area contributed by atoms with Gasteiger partial charge in [-0.25, -0.2) is 0 Å². The summed E-state index contributed by atoms with van der Waals surface area (Å²) in [7, 11) is 1.69. The maximum atomic E-state index is 5.23. The van der Waals surface area contributed by atoms with Crippen LogP contribution in [-0.4, -0.2) is 7.11 Å². The molecule has 0 aliphatic heterocycles. The second kappa shape index (κ2) is 6.63. The molecule has 0 unspecified atom stereocenters. The smallest absolute Gasteiger partial charge is 0.118 e. The Bertz CT molecular complexity index is 917. The number of benzene rings is 2. The molecule has 0 aliphatic rings. The Hall–Kier alpha value is -2.36. The van der Waals surface area contributed by atoms with E-state index in [2.05, 4.69) is 66.0 Å². The molecule has 0 saturated carbocycles. The van der Waals surface area contributed by atoms with Crippen molar-refractivity contribution in [1.82, 2.24) is 0 Å². The van der Waals surface area contributed by atoms with Crippen molar-refractivity contribution in [2.75, 3.05) is 7.11 Å². The van der Waals surface area contributed by atoms with Gasteiger partial charge in [-0.1, -0.05) is 30.3 Å². The van der Waals surface area contributed by atoms with Crippen LogP contribution in [0.25, 0.3) is 31.3 Å². The minimum Gasteiger partial charge on any atom is -0.497 e. The van der Waals surface area contributed by atoms with Crippen LogP contribution in [0.1, 0.15) is 0 Å². The normalized spacial score (nSPS) is 10.7. The number of thiophene rings is 2. The molecular weight excluding hydrogens is 332 g/mol. The lowest BCUT2D eigenvalue weighted by molar-refractivity contribution is 0.415. The summed E-state index contributed by atoms with van der Waals surface area (Å²) in [5.74, 6) is 0.889. The highest BCUT2D eigenvalue weighted by molar-refractivity contribution is 7.18. The monoisotopic (exact) mass is 348 g/mol. The van der Waals surface area contributed by atoms with Gasteiger partial charge in [0.05, 0.1) is 7.11 Å². The Labute approximate surface area is 149 Å². The van der Waals surface area contributed by atoms with E-state index in [-0.39, 0.29) is 0 Å². The third-order valence-corrected chi connectivity index (χ3v) is 6.06. The molecule has 0 radical (unpaired) electrons. The van der Waals surface area contributed by atoms with Crippen molar-refractivity contribution < 1.29 is 4.74 Å². The molecule has 0 bridgehead atoms. The lowest BCUT2D eigenvalue weighted by atomic mass is 10.1.